The summed E-state index contributed by atoms with van der Waals surface area (Å²) in [7, 11) is 4.47. The van der Waals surface area contributed by atoms with E-state index in [1.807, 2.05) is 0 Å². The third-order valence-corrected chi connectivity index (χ3v) is 5.81. The first-order chi connectivity index (χ1) is 23.8. The number of carbonyl (C=O) groups excluding carboxylic acids is 7. The van der Waals surface area contributed by atoms with Crippen LogP contribution in [0.4, 0.5) is 24.0 Å². The van der Waals surface area contributed by atoms with E-state index in [1.54, 1.807) is 26.8 Å². The van der Waals surface area contributed by atoms with Crippen molar-refractivity contribution in [2.75, 3.05) is 28.4 Å². The molecule has 0 aliphatic rings. The number of ether oxygens (including phenoxy) is 9. The number of methoxy groups -OCH3 is 4. The van der Waals surface area contributed by atoms with Crippen LogP contribution in [0.1, 0.15) is 31.9 Å². The molecule has 288 valence electrons. The monoisotopic (exact) mass is 760 g/mol. The lowest BCUT2D eigenvalue weighted by Gasteiger charge is -2.22. The number of nitrogens with two attached hydrogens (primary N) is 2. The maximum absolute atomic E-state index is 11.9. The third-order valence-electron chi connectivity index (χ3n) is 5.81. The molecule has 0 radical (unpaired) electrons. The average Bonchev–Trinajstić information content (AvgIpc) is 3.05. The topological polar surface area (TPSA) is 294 Å². The predicted molar refractivity (Wildman–Crippen MR) is 171 cm³/mol. The molecule has 3 amide bonds. The van der Waals surface area contributed by atoms with Gasteiger partial charge in [-0.2, -0.15) is 0 Å². The van der Waals surface area contributed by atoms with Crippen molar-refractivity contribution < 1.29 is 94.3 Å². The fraction of sp³-hybridized carbons (Fsp3) is 0.387. The summed E-state index contributed by atoms with van der Waals surface area (Å²) in [5.74, 6) is -1.76. The van der Waals surface area contributed by atoms with E-state index >= 15 is 0 Å². The van der Waals surface area contributed by atoms with Crippen LogP contribution in [0.25, 0.3) is 0 Å². The first-order valence-corrected chi connectivity index (χ1v) is 14.5. The molecular weight excluding hydrogens is 720 g/mol. The van der Waals surface area contributed by atoms with Crippen LogP contribution >= 0.6 is 0 Å². The molecule has 0 saturated carbocycles. The van der Waals surface area contributed by atoms with Gasteiger partial charge >= 0.3 is 30.7 Å². The molecule has 0 aliphatic carbocycles. The summed E-state index contributed by atoms with van der Waals surface area (Å²) < 4.78 is 42.2. The van der Waals surface area contributed by atoms with Crippen LogP contribution in [-0.4, -0.2) is 88.7 Å². The van der Waals surface area contributed by atoms with E-state index in [-0.39, 0.29) is 48.2 Å². The minimum atomic E-state index is -1.11. The van der Waals surface area contributed by atoms with Gasteiger partial charge in [-0.05, 0) is 56.2 Å². The zero-order chi connectivity index (χ0) is 38.9. The first kappa shape index (κ1) is 46.0. The van der Waals surface area contributed by atoms with Gasteiger partial charge in [0.15, 0.2) is 29.0 Å². The second-order valence-electron chi connectivity index (χ2n) is 10.9. The van der Waals surface area contributed by atoms with Crippen LogP contribution in [-0.2, 0) is 46.1 Å². The summed E-state index contributed by atoms with van der Waals surface area (Å²) in [6, 6.07) is 6.73. The summed E-state index contributed by atoms with van der Waals surface area (Å²) >= 11 is 0. The fourth-order valence-electron chi connectivity index (χ4n) is 3.51. The van der Waals surface area contributed by atoms with Crippen molar-refractivity contribution in [3.05, 3.63) is 47.5 Å². The van der Waals surface area contributed by atoms with E-state index in [9.17, 15) is 33.6 Å². The van der Waals surface area contributed by atoms with Gasteiger partial charge < -0.3 is 77.6 Å². The van der Waals surface area contributed by atoms with E-state index < -0.39 is 60.2 Å². The molecule has 0 bridgehead atoms. The minimum Gasteiger partial charge on any atom is -1.00 e. The van der Waals surface area contributed by atoms with Gasteiger partial charge in [0.1, 0.15) is 11.6 Å². The Hall–Kier alpha value is -6.02. The zero-order valence-electron chi connectivity index (χ0n) is 29.3. The summed E-state index contributed by atoms with van der Waals surface area (Å²) in [6.07, 6.45) is -4.71. The number of quaternary nitrogens is 1. The van der Waals surface area contributed by atoms with Gasteiger partial charge in [0.25, 0.3) is 5.91 Å². The van der Waals surface area contributed by atoms with Crippen LogP contribution in [0, 0.1) is 0 Å². The average molecular weight is 761 g/mol. The van der Waals surface area contributed by atoms with Crippen LogP contribution in [0.5, 0.6) is 23.0 Å². The van der Waals surface area contributed by atoms with Crippen molar-refractivity contribution in [2.45, 2.75) is 51.3 Å². The van der Waals surface area contributed by atoms with Crippen molar-refractivity contribution in [1.29, 1.82) is 0 Å². The van der Waals surface area contributed by atoms with E-state index in [2.05, 4.69) is 30.0 Å². The highest BCUT2D eigenvalue weighted by molar-refractivity contribution is 5.84. The summed E-state index contributed by atoms with van der Waals surface area (Å²) in [4.78, 5) is 79.8. The maximum Gasteiger partial charge on any atom is 0.513 e. The molecule has 0 saturated heterocycles. The Morgan fingerprint density at radius 2 is 1.00 bits per heavy atom. The largest absolute Gasteiger partial charge is 1.00 e. The molecular formula is C31H41ClN4O16. The van der Waals surface area contributed by atoms with Gasteiger partial charge in [-0.3, -0.25) is 9.59 Å². The number of hydrogen-bond donors (Lipinski definition) is 4. The fourth-order valence-corrected chi connectivity index (χ4v) is 3.51. The predicted octanol–water partition coefficient (Wildman–Crippen LogP) is -1.48. The van der Waals surface area contributed by atoms with Gasteiger partial charge in [-0.1, -0.05) is 12.1 Å². The SMILES string of the molecule is COC(=O)Oc1ccc(C[C@H](NC(=O)OC(C)(C)C)C(N)=O)cc1OC(=O)OC.COC(=O)Oc1ccc(C[C@H]([NH3+])C(N)=O)cc1OC(=O)OC.[Cl-]. The quantitative estimate of drug-likeness (QED) is 0.115. The van der Waals surface area contributed by atoms with E-state index in [4.69, 9.17) is 35.2 Å². The van der Waals surface area contributed by atoms with Crippen molar-refractivity contribution in [1.82, 2.24) is 5.32 Å². The molecule has 0 aromatic heterocycles. The normalized spacial score (nSPS) is 11.2. The molecule has 8 N–H and O–H groups in total. The molecule has 0 fully saturated rings. The molecule has 0 spiro atoms. The van der Waals surface area contributed by atoms with E-state index in [1.165, 1.54) is 30.3 Å². The number of nitrogens with one attached hydrogen (secondary N) is 1. The second kappa shape index (κ2) is 21.9. The zero-order valence-corrected chi connectivity index (χ0v) is 30.1. The highest BCUT2D eigenvalue weighted by Crippen LogP contribution is 2.31. The smallest absolute Gasteiger partial charge is 0.513 e. The Labute approximate surface area is 303 Å². The number of amides is 3. The third kappa shape index (κ3) is 17.1. The summed E-state index contributed by atoms with van der Waals surface area (Å²) in [5.41, 5.74) is 14.4. The Bertz CT molecular complexity index is 1580. The van der Waals surface area contributed by atoms with Crippen LogP contribution in [0.3, 0.4) is 0 Å². The molecule has 2 aromatic carbocycles. The number of hydrogen-bond acceptors (Lipinski definition) is 16. The lowest BCUT2D eigenvalue weighted by atomic mass is 10.0. The number of primary amides is 2. The highest BCUT2D eigenvalue weighted by Gasteiger charge is 2.24. The lowest BCUT2D eigenvalue weighted by Crippen LogP contribution is -3.00. The molecule has 0 aliphatic heterocycles. The van der Waals surface area contributed by atoms with Crippen molar-refractivity contribution in [3.63, 3.8) is 0 Å². The number of carbonyl (C=O) groups is 7. The van der Waals surface area contributed by atoms with Crippen LogP contribution in [0.2, 0.25) is 0 Å². The van der Waals surface area contributed by atoms with Crippen LogP contribution in [0.15, 0.2) is 36.4 Å². The molecule has 0 heterocycles. The van der Waals surface area contributed by atoms with E-state index in [0.29, 0.717) is 11.1 Å². The van der Waals surface area contributed by atoms with Crippen molar-refractivity contribution in [3.8, 4) is 23.0 Å². The number of halogens is 1. The maximum atomic E-state index is 11.9. The van der Waals surface area contributed by atoms with Gasteiger partial charge in [0.2, 0.25) is 5.91 Å². The Kier molecular flexibility index (Phi) is 19.4. The molecule has 2 rings (SSSR count). The van der Waals surface area contributed by atoms with Gasteiger partial charge in [-0.25, -0.2) is 24.0 Å². The van der Waals surface area contributed by atoms with Gasteiger partial charge in [0.05, 0.1) is 28.4 Å². The summed E-state index contributed by atoms with van der Waals surface area (Å²) in [6.45, 7) is 5.01. The van der Waals surface area contributed by atoms with Gasteiger partial charge in [0, 0.05) is 12.8 Å². The van der Waals surface area contributed by atoms with Crippen molar-refractivity contribution in [2.24, 2.45) is 11.5 Å². The molecule has 21 heteroatoms. The lowest BCUT2D eigenvalue weighted by molar-refractivity contribution is -0.402. The molecule has 2 atom stereocenters. The standard InChI is InChI=1S/C18H24N2O9.C13H16N2O7.ClH/c1-18(2,3)29-15(22)20-11(14(19)21)8-10-6-7-12(27-16(23)25-4)13(9-10)28-17(24)26-5;1-19-12(17)21-9-4-3-7(5-8(14)11(15)16)6-10(9)22-13(18)20-2;/h6-7,9,11H,8H2,1-5H3,(H2,19,21)(H,20,22);3-4,6,8H,5,14H2,1-2H3,(H2,15,16);1H/t11-;8-;/m00./s1. The first-order valence-electron chi connectivity index (χ1n) is 14.5. The Balaban J connectivity index is 0.00000102. The number of alkyl carbamates (subject to hydrolysis) is 1. The summed E-state index contributed by atoms with van der Waals surface area (Å²) in [5, 5.41) is 2.38. The van der Waals surface area contributed by atoms with Crippen molar-refractivity contribution >= 4 is 42.5 Å². The number of benzene rings is 2. The highest BCUT2D eigenvalue weighted by atomic mass is 35.5. The number of rotatable bonds is 11. The Morgan fingerprint density at radius 3 is 1.33 bits per heavy atom. The molecule has 0 unspecified atom stereocenters. The van der Waals surface area contributed by atoms with Gasteiger partial charge in [-0.15, -0.1) is 0 Å². The van der Waals surface area contributed by atoms with Crippen LogP contribution < -0.4 is 53.9 Å². The molecule has 20 nitrogen and oxygen atoms in total. The second-order valence-corrected chi connectivity index (χ2v) is 10.9. The minimum absolute atomic E-state index is 0. The molecule has 52 heavy (non-hydrogen) atoms. The Morgan fingerprint density at radius 1 is 0.635 bits per heavy atom. The van der Waals surface area contributed by atoms with E-state index in [0.717, 1.165) is 28.4 Å². The molecule has 2 aromatic rings.